The third kappa shape index (κ3) is 3.47. The maximum absolute atomic E-state index is 4.78. The van der Waals surface area contributed by atoms with Gasteiger partial charge in [-0.05, 0) is 45.7 Å². The second-order valence-corrected chi connectivity index (χ2v) is 5.95. The lowest BCUT2D eigenvalue weighted by molar-refractivity contribution is 0.208. The van der Waals surface area contributed by atoms with Crippen molar-refractivity contribution in [3.05, 3.63) is 30.5 Å². The van der Waals surface area contributed by atoms with Gasteiger partial charge < -0.3 is 4.90 Å². The Kier molecular flexibility index (Phi) is 4.29. The first kappa shape index (κ1) is 14.2. The highest BCUT2D eigenvalue weighted by Gasteiger charge is 2.18. The van der Waals surface area contributed by atoms with E-state index >= 15 is 0 Å². The molecule has 0 amide bonds. The van der Waals surface area contributed by atoms with Gasteiger partial charge in [-0.25, -0.2) is 4.98 Å². The van der Waals surface area contributed by atoms with Gasteiger partial charge in [-0.2, -0.15) is 5.10 Å². The summed E-state index contributed by atoms with van der Waals surface area (Å²) in [5.74, 6) is 0.701. The van der Waals surface area contributed by atoms with Crippen LogP contribution in [0.5, 0.6) is 0 Å². The fourth-order valence-corrected chi connectivity index (χ4v) is 3.05. The first-order chi connectivity index (χ1) is 10.2. The van der Waals surface area contributed by atoms with E-state index in [2.05, 4.69) is 29.0 Å². The third-order valence-electron chi connectivity index (χ3n) is 4.16. The van der Waals surface area contributed by atoms with Crippen LogP contribution in [-0.2, 0) is 13.0 Å². The molecule has 112 valence electrons. The van der Waals surface area contributed by atoms with E-state index in [9.17, 15) is 0 Å². The summed E-state index contributed by atoms with van der Waals surface area (Å²) in [4.78, 5) is 11.6. The maximum atomic E-state index is 4.78. The molecule has 3 rings (SSSR count). The molecule has 21 heavy (non-hydrogen) atoms. The van der Waals surface area contributed by atoms with E-state index in [4.69, 9.17) is 4.98 Å². The van der Waals surface area contributed by atoms with Gasteiger partial charge in [0, 0.05) is 31.0 Å². The van der Waals surface area contributed by atoms with Crippen LogP contribution < -0.4 is 0 Å². The molecule has 3 heterocycles. The number of aromatic nitrogens is 4. The zero-order valence-electron chi connectivity index (χ0n) is 12.9. The van der Waals surface area contributed by atoms with Crippen LogP contribution in [0.15, 0.2) is 24.8 Å². The second-order valence-electron chi connectivity index (χ2n) is 5.95. The van der Waals surface area contributed by atoms with Crippen LogP contribution in [0, 0.1) is 5.92 Å². The van der Waals surface area contributed by atoms with Crippen LogP contribution in [-0.4, -0.2) is 44.8 Å². The van der Waals surface area contributed by atoms with Gasteiger partial charge in [-0.15, -0.1) is 0 Å². The first-order valence-corrected chi connectivity index (χ1v) is 7.77. The van der Waals surface area contributed by atoms with Crippen molar-refractivity contribution in [2.45, 2.75) is 32.7 Å². The molecule has 1 atom stereocenters. The van der Waals surface area contributed by atoms with Gasteiger partial charge in [-0.1, -0.05) is 0 Å². The molecule has 1 aliphatic heterocycles. The minimum atomic E-state index is 0.701. The Balaban J connectivity index is 1.73. The topological polar surface area (TPSA) is 46.8 Å². The molecular weight excluding hydrogens is 262 g/mol. The van der Waals surface area contributed by atoms with Gasteiger partial charge in [-0.3, -0.25) is 9.67 Å². The van der Waals surface area contributed by atoms with E-state index in [1.807, 2.05) is 29.5 Å². The normalized spacial score (nSPS) is 19.8. The zero-order valence-corrected chi connectivity index (χ0v) is 12.9. The highest BCUT2D eigenvalue weighted by molar-refractivity contribution is 5.55. The molecule has 0 saturated carbocycles. The van der Waals surface area contributed by atoms with Gasteiger partial charge in [0.1, 0.15) is 0 Å². The van der Waals surface area contributed by atoms with Crippen LogP contribution in [0.3, 0.4) is 0 Å². The Morgan fingerprint density at radius 1 is 1.29 bits per heavy atom. The van der Waals surface area contributed by atoms with E-state index in [1.165, 1.54) is 25.9 Å². The summed E-state index contributed by atoms with van der Waals surface area (Å²) in [6, 6.07) is 0. The van der Waals surface area contributed by atoms with Crippen molar-refractivity contribution in [1.29, 1.82) is 0 Å². The van der Waals surface area contributed by atoms with E-state index in [1.54, 1.807) is 0 Å². The molecular formula is C16H23N5. The van der Waals surface area contributed by atoms with Crippen molar-refractivity contribution in [1.82, 2.24) is 24.6 Å². The van der Waals surface area contributed by atoms with Gasteiger partial charge in [0.25, 0.3) is 0 Å². The first-order valence-electron chi connectivity index (χ1n) is 7.77. The number of aryl methyl sites for hydroxylation is 1. The highest BCUT2D eigenvalue weighted by atomic mass is 15.3. The maximum Gasteiger partial charge on any atom is 0.0920 e. The lowest BCUT2D eigenvalue weighted by Crippen LogP contribution is -2.33. The van der Waals surface area contributed by atoms with Crippen LogP contribution in [0.25, 0.3) is 11.3 Å². The molecule has 0 bridgehead atoms. The molecule has 1 saturated heterocycles. The molecule has 2 aromatic rings. The van der Waals surface area contributed by atoms with Crippen molar-refractivity contribution in [2.75, 3.05) is 20.1 Å². The lowest BCUT2D eigenvalue weighted by Gasteiger charge is -2.29. The summed E-state index contributed by atoms with van der Waals surface area (Å²) in [5, 5.41) is 4.31. The quantitative estimate of drug-likeness (QED) is 0.864. The van der Waals surface area contributed by atoms with Gasteiger partial charge >= 0.3 is 0 Å². The number of likely N-dealkylation sites (tertiary alicyclic amines) is 1. The number of nitrogens with zero attached hydrogens (tertiary/aromatic N) is 5. The summed E-state index contributed by atoms with van der Waals surface area (Å²) in [7, 11) is 2.20. The van der Waals surface area contributed by atoms with E-state index < -0.39 is 0 Å². The predicted molar refractivity (Wildman–Crippen MR) is 82.9 cm³/mol. The molecule has 0 spiro atoms. The number of rotatable bonds is 4. The predicted octanol–water partition coefficient (Wildman–Crippen LogP) is 2.24. The van der Waals surface area contributed by atoms with Crippen LogP contribution in [0.4, 0.5) is 0 Å². The molecule has 0 aromatic carbocycles. The highest BCUT2D eigenvalue weighted by Crippen LogP contribution is 2.21. The van der Waals surface area contributed by atoms with E-state index in [0.717, 1.165) is 29.9 Å². The molecule has 0 radical (unpaired) electrons. The molecule has 2 aromatic heterocycles. The smallest absolute Gasteiger partial charge is 0.0920 e. The van der Waals surface area contributed by atoms with Crippen molar-refractivity contribution >= 4 is 0 Å². The Morgan fingerprint density at radius 3 is 2.95 bits per heavy atom. The minimum Gasteiger partial charge on any atom is -0.306 e. The number of hydrogen-bond donors (Lipinski definition) is 0. The number of piperidine rings is 1. The summed E-state index contributed by atoms with van der Waals surface area (Å²) in [6.07, 6.45) is 11.2. The second kappa shape index (κ2) is 6.35. The average Bonchev–Trinajstić information content (AvgIpc) is 2.96. The largest absolute Gasteiger partial charge is 0.306 e. The van der Waals surface area contributed by atoms with Crippen molar-refractivity contribution in [2.24, 2.45) is 5.92 Å². The van der Waals surface area contributed by atoms with Crippen LogP contribution in [0.2, 0.25) is 0 Å². The minimum absolute atomic E-state index is 0.701. The Bertz CT molecular complexity index is 592. The summed E-state index contributed by atoms with van der Waals surface area (Å²) in [5.41, 5.74) is 3.07. The van der Waals surface area contributed by atoms with E-state index in [-0.39, 0.29) is 0 Å². The Labute approximate surface area is 126 Å². The molecule has 1 aliphatic rings. The van der Waals surface area contributed by atoms with Crippen LogP contribution >= 0.6 is 0 Å². The lowest BCUT2D eigenvalue weighted by atomic mass is 9.94. The summed E-state index contributed by atoms with van der Waals surface area (Å²) in [6.45, 7) is 5.35. The molecule has 1 unspecified atom stereocenters. The zero-order chi connectivity index (χ0) is 14.7. The van der Waals surface area contributed by atoms with Crippen molar-refractivity contribution < 1.29 is 0 Å². The van der Waals surface area contributed by atoms with E-state index in [0.29, 0.717) is 5.92 Å². The summed E-state index contributed by atoms with van der Waals surface area (Å²) >= 11 is 0. The third-order valence-corrected chi connectivity index (χ3v) is 4.16. The number of hydrogen-bond acceptors (Lipinski definition) is 4. The van der Waals surface area contributed by atoms with Crippen LogP contribution in [0.1, 0.15) is 25.5 Å². The fourth-order valence-electron chi connectivity index (χ4n) is 3.05. The molecule has 1 fully saturated rings. The molecule has 5 heteroatoms. The van der Waals surface area contributed by atoms with Crippen molar-refractivity contribution in [3.8, 4) is 11.3 Å². The standard InChI is InChI=1S/C16H23N5/c1-3-21-12-14(8-18-21)16-10-17-9-15(19-16)7-13-5-4-6-20(2)11-13/h8-10,12-13H,3-7,11H2,1-2H3. The Hall–Kier alpha value is -1.75. The summed E-state index contributed by atoms with van der Waals surface area (Å²) < 4.78 is 1.92. The SMILES string of the molecule is CCn1cc(-c2cncc(CC3CCCN(C)C3)n2)cn1. The molecule has 0 aliphatic carbocycles. The average molecular weight is 285 g/mol. The van der Waals surface area contributed by atoms with Gasteiger partial charge in [0.2, 0.25) is 0 Å². The Morgan fingerprint density at radius 2 is 2.19 bits per heavy atom. The van der Waals surface area contributed by atoms with Crippen molar-refractivity contribution in [3.63, 3.8) is 0 Å². The van der Waals surface area contributed by atoms with Gasteiger partial charge in [0.15, 0.2) is 0 Å². The monoisotopic (exact) mass is 285 g/mol. The van der Waals surface area contributed by atoms with Gasteiger partial charge in [0.05, 0.1) is 23.8 Å². The molecule has 0 N–H and O–H groups in total. The fraction of sp³-hybridized carbons (Fsp3) is 0.562. The molecule has 5 nitrogen and oxygen atoms in total.